The van der Waals surface area contributed by atoms with E-state index in [4.69, 9.17) is 5.73 Å². The molecule has 0 saturated heterocycles. The van der Waals surface area contributed by atoms with Gasteiger partial charge < -0.3 is 16.0 Å². The van der Waals surface area contributed by atoms with Gasteiger partial charge in [-0.15, -0.1) is 0 Å². The number of rotatable bonds is 4. The summed E-state index contributed by atoms with van der Waals surface area (Å²) >= 11 is 1.32. The molecule has 1 saturated carbocycles. The molecule has 2 unspecified atom stereocenters. The summed E-state index contributed by atoms with van der Waals surface area (Å²) in [5, 5.41) is 3.81. The summed E-state index contributed by atoms with van der Waals surface area (Å²) in [6.45, 7) is 6.19. The van der Waals surface area contributed by atoms with Crippen molar-refractivity contribution in [2.75, 3.05) is 17.7 Å². The van der Waals surface area contributed by atoms with Gasteiger partial charge >= 0.3 is 0 Å². The molecule has 21 heavy (non-hydrogen) atoms. The van der Waals surface area contributed by atoms with Gasteiger partial charge in [-0.2, -0.15) is 4.37 Å². The highest BCUT2D eigenvalue weighted by Crippen LogP contribution is 2.35. The lowest BCUT2D eigenvalue weighted by Gasteiger charge is -2.35. The van der Waals surface area contributed by atoms with E-state index in [1.807, 2.05) is 13.8 Å². The molecule has 0 spiro atoms. The van der Waals surface area contributed by atoms with Crippen LogP contribution in [0.3, 0.4) is 0 Å². The summed E-state index contributed by atoms with van der Waals surface area (Å²) < 4.78 is 4.20. The third kappa shape index (κ3) is 3.67. The van der Waals surface area contributed by atoms with Crippen LogP contribution in [0.15, 0.2) is 0 Å². The fourth-order valence-corrected chi connectivity index (χ4v) is 3.84. The predicted molar refractivity (Wildman–Crippen MR) is 89.0 cm³/mol. The molecule has 1 aliphatic rings. The molecule has 0 aromatic carbocycles. The first kappa shape index (κ1) is 16.1. The van der Waals surface area contributed by atoms with Gasteiger partial charge in [-0.05, 0) is 44.1 Å². The van der Waals surface area contributed by atoms with Gasteiger partial charge in [0.2, 0.25) is 0 Å². The molecule has 118 valence electrons. The third-order valence-electron chi connectivity index (χ3n) is 4.12. The lowest BCUT2D eigenvalue weighted by molar-refractivity contribution is 0.0944. The maximum Gasteiger partial charge on any atom is 0.258 e. The van der Waals surface area contributed by atoms with Crippen LogP contribution in [0.2, 0.25) is 0 Å². The van der Waals surface area contributed by atoms with E-state index in [0.29, 0.717) is 17.4 Å². The van der Waals surface area contributed by atoms with E-state index in [1.54, 1.807) is 0 Å². The van der Waals surface area contributed by atoms with Gasteiger partial charge in [-0.1, -0.05) is 19.8 Å². The number of hydrogen-bond donors (Lipinski definition) is 2. The Morgan fingerprint density at radius 2 is 2.19 bits per heavy atom. The minimum absolute atomic E-state index is 0.0876. The minimum Gasteiger partial charge on any atom is -0.382 e. The summed E-state index contributed by atoms with van der Waals surface area (Å²) in [7, 11) is 2.06. The zero-order valence-corrected chi connectivity index (χ0v) is 14.2. The van der Waals surface area contributed by atoms with Gasteiger partial charge in [0.1, 0.15) is 10.6 Å². The Kier molecular flexibility index (Phi) is 5.08. The predicted octanol–water partition coefficient (Wildman–Crippen LogP) is 2.88. The molecule has 1 fully saturated rings. The Bertz CT molecular complexity index is 500. The Labute approximate surface area is 131 Å². The van der Waals surface area contributed by atoms with Gasteiger partial charge in [0.25, 0.3) is 5.91 Å². The van der Waals surface area contributed by atoms with Crippen molar-refractivity contribution in [1.29, 1.82) is 0 Å². The molecule has 0 radical (unpaired) electrons. The average Bonchev–Trinajstić information content (AvgIpc) is 2.79. The Balaban J connectivity index is 2.21. The van der Waals surface area contributed by atoms with E-state index in [2.05, 4.69) is 28.6 Å². The third-order valence-corrected chi connectivity index (χ3v) is 5.08. The van der Waals surface area contributed by atoms with Crippen molar-refractivity contribution in [3.8, 4) is 0 Å². The number of amides is 1. The lowest BCUT2D eigenvalue weighted by Crippen LogP contribution is -2.37. The van der Waals surface area contributed by atoms with Crippen LogP contribution in [0.25, 0.3) is 0 Å². The number of aromatic nitrogens is 1. The Morgan fingerprint density at radius 1 is 1.48 bits per heavy atom. The van der Waals surface area contributed by atoms with E-state index in [1.165, 1.54) is 37.2 Å². The van der Waals surface area contributed by atoms with Crippen LogP contribution in [-0.2, 0) is 0 Å². The first-order chi connectivity index (χ1) is 9.90. The monoisotopic (exact) mass is 310 g/mol. The second kappa shape index (κ2) is 6.64. The van der Waals surface area contributed by atoms with Crippen molar-refractivity contribution in [2.45, 2.75) is 58.5 Å². The number of nitrogens with zero attached hydrogens (tertiary/aromatic N) is 2. The highest BCUT2D eigenvalue weighted by Gasteiger charge is 2.28. The van der Waals surface area contributed by atoms with Gasteiger partial charge in [0, 0.05) is 19.1 Å². The largest absolute Gasteiger partial charge is 0.382 e. The van der Waals surface area contributed by atoms with Crippen LogP contribution < -0.4 is 16.0 Å². The van der Waals surface area contributed by atoms with Crippen molar-refractivity contribution in [3.05, 3.63) is 5.56 Å². The molecule has 3 N–H and O–H groups in total. The van der Waals surface area contributed by atoms with Gasteiger partial charge in [0.15, 0.2) is 5.82 Å². The van der Waals surface area contributed by atoms with Crippen molar-refractivity contribution in [1.82, 2.24) is 9.69 Å². The molecule has 6 heteroatoms. The first-order valence-corrected chi connectivity index (χ1v) is 8.46. The van der Waals surface area contributed by atoms with E-state index < -0.39 is 0 Å². The van der Waals surface area contributed by atoms with E-state index in [0.717, 1.165) is 10.9 Å². The first-order valence-electron chi connectivity index (χ1n) is 7.69. The lowest BCUT2D eigenvalue weighted by atomic mass is 9.86. The highest BCUT2D eigenvalue weighted by atomic mass is 32.1. The minimum atomic E-state index is -0.123. The fourth-order valence-electron chi connectivity index (χ4n) is 3.00. The number of carbonyl (C=O) groups is 1. The summed E-state index contributed by atoms with van der Waals surface area (Å²) in [5.41, 5.74) is 6.46. The molecule has 1 aromatic rings. The van der Waals surface area contributed by atoms with Gasteiger partial charge in [-0.3, -0.25) is 4.79 Å². The topological polar surface area (TPSA) is 71.2 Å². The molecule has 1 aromatic heterocycles. The zero-order chi connectivity index (χ0) is 15.6. The van der Waals surface area contributed by atoms with Crippen molar-refractivity contribution in [2.24, 2.45) is 5.92 Å². The second-order valence-corrected chi connectivity index (χ2v) is 7.16. The normalized spacial score (nSPS) is 22.3. The zero-order valence-electron chi connectivity index (χ0n) is 13.3. The number of nitrogens with two attached hydrogens (primary N) is 1. The van der Waals surface area contributed by atoms with Crippen molar-refractivity contribution >= 4 is 28.3 Å². The number of nitrogens with one attached hydrogen (secondary N) is 1. The molecule has 2 rings (SSSR count). The molecule has 0 aliphatic heterocycles. The van der Waals surface area contributed by atoms with Crippen LogP contribution in [0.4, 0.5) is 10.8 Å². The number of anilines is 2. The SMILES string of the molecule is CC1CCCC(N(C)c2snc(N)c2C(=O)NC(C)C)C1. The van der Waals surface area contributed by atoms with E-state index in [-0.39, 0.29) is 11.9 Å². The molecular formula is C15H26N4OS. The van der Waals surface area contributed by atoms with Crippen molar-refractivity contribution in [3.63, 3.8) is 0 Å². The Hall–Kier alpha value is -1.30. The van der Waals surface area contributed by atoms with Gasteiger partial charge in [0.05, 0.1) is 0 Å². The average molecular weight is 310 g/mol. The summed E-state index contributed by atoms with van der Waals surface area (Å²) in [6, 6.07) is 0.559. The maximum atomic E-state index is 12.4. The molecule has 2 atom stereocenters. The molecule has 5 nitrogen and oxygen atoms in total. The molecule has 1 heterocycles. The second-order valence-electron chi connectivity index (χ2n) is 6.41. The maximum absolute atomic E-state index is 12.4. The van der Waals surface area contributed by atoms with Crippen LogP contribution >= 0.6 is 11.5 Å². The highest BCUT2D eigenvalue weighted by molar-refractivity contribution is 7.11. The quantitative estimate of drug-likeness (QED) is 0.897. The number of carbonyl (C=O) groups excluding carboxylic acids is 1. The molecule has 1 aliphatic carbocycles. The summed E-state index contributed by atoms with van der Waals surface area (Å²) in [6.07, 6.45) is 4.89. The van der Waals surface area contributed by atoms with Gasteiger partial charge in [-0.25, -0.2) is 0 Å². The smallest absolute Gasteiger partial charge is 0.258 e. The van der Waals surface area contributed by atoms with E-state index in [9.17, 15) is 4.79 Å². The molecule has 0 bridgehead atoms. The molecular weight excluding hydrogens is 284 g/mol. The summed E-state index contributed by atoms with van der Waals surface area (Å²) in [5.74, 6) is 0.954. The summed E-state index contributed by atoms with van der Waals surface area (Å²) in [4.78, 5) is 14.6. The molecule has 1 amide bonds. The van der Waals surface area contributed by atoms with Crippen LogP contribution in [0, 0.1) is 5.92 Å². The van der Waals surface area contributed by atoms with Crippen LogP contribution in [0.5, 0.6) is 0 Å². The van der Waals surface area contributed by atoms with Crippen LogP contribution in [-0.4, -0.2) is 29.4 Å². The number of hydrogen-bond acceptors (Lipinski definition) is 5. The van der Waals surface area contributed by atoms with Crippen molar-refractivity contribution < 1.29 is 4.79 Å². The standard InChI is InChI=1S/C15H26N4OS/c1-9(2)17-14(20)12-13(16)18-21-15(12)19(4)11-7-5-6-10(3)8-11/h9-11H,5-8H2,1-4H3,(H2,16,18)(H,17,20). The Morgan fingerprint density at radius 3 is 2.81 bits per heavy atom. The number of nitrogen functional groups attached to an aromatic ring is 1. The van der Waals surface area contributed by atoms with Crippen LogP contribution in [0.1, 0.15) is 56.8 Å². The fraction of sp³-hybridized carbons (Fsp3) is 0.733. The van der Waals surface area contributed by atoms with E-state index >= 15 is 0 Å².